The number of ether oxygens (including phenoxy) is 2. The van der Waals surface area contributed by atoms with Crippen molar-refractivity contribution in [1.82, 2.24) is 5.32 Å². The van der Waals surface area contributed by atoms with Gasteiger partial charge in [0.1, 0.15) is 18.1 Å². The van der Waals surface area contributed by atoms with Crippen LogP contribution in [0.1, 0.15) is 39.0 Å². The molecule has 4 rings (SSSR count). The van der Waals surface area contributed by atoms with Crippen LogP contribution in [0.4, 0.5) is 0 Å². The molecule has 0 fully saturated rings. The molecule has 0 unspecified atom stereocenters. The van der Waals surface area contributed by atoms with E-state index < -0.39 is 0 Å². The summed E-state index contributed by atoms with van der Waals surface area (Å²) in [5.41, 5.74) is 5.64. The quantitative estimate of drug-likeness (QED) is 0.593. The van der Waals surface area contributed by atoms with Crippen LogP contribution in [0, 0.1) is 0 Å². The number of aryl methyl sites for hydroxylation is 2. The lowest BCUT2D eigenvalue weighted by Crippen LogP contribution is -2.25. The van der Waals surface area contributed by atoms with Crippen molar-refractivity contribution in [3.63, 3.8) is 0 Å². The second-order valence-electron chi connectivity index (χ2n) is 7.63. The molecule has 30 heavy (non-hydrogen) atoms. The van der Waals surface area contributed by atoms with Crippen LogP contribution in [0.15, 0.2) is 66.7 Å². The van der Waals surface area contributed by atoms with Gasteiger partial charge in [-0.1, -0.05) is 30.3 Å². The molecule has 0 bridgehead atoms. The normalized spacial score (nSPS) is 12.3. The molecule has 4 nitrogen and oxygen atoms in total. The van der Waals surface area contributed by atoms with Gasteiger partial charge < -0.3 is 14.8 Å². The molecule has 3 aromatic rings. The summed E-state index contributed by atoms with van der Waals surface area (Å²) in [5.74, 6) is 1.66. The molecule has 0 aliphatic heterocycles. The molecule has 0 atom stereocenters. The summed E-state index contributed by atoms with van der Waals surface area (Å²) in [6.07, 6.45) is 4.31. The standard InChI is InChI=1S/C26H27NO3/c1-29-24-11-8-19(9-12-24)14-15-27-26(28)23-7-2-4-20(16-23)18-30-25-13-10-21-5-3-6-22(21)17-25/h2,4,7-13,16-17H,3,5-6,14-15,18H2,1H3,(H,27,28). The molecule has 0 aromatic heterocycles. The van der Waals surface area contributed by atoms with Gasteiger partial charge in [0.15, 0.2) is 0 Å². The molecular weight excluding hydrogens is 374 g/mol. The number of amides is 1. The average Bonchev–Trinajstić information content (AvgIpc) is 3.26. The first-order chi connectivity index (χ1) is 14.7. The first-order valence-corrected chi connectivity index (χ1v) is 10.5. The number of carbonyl (C=O) groups excluding carboxylic acids is 1. The number of nitrogens with one attached hydrogen (secondary N) is 1. The van der Waals surface area contributed by atoms with E-state index in [1.807, 2.05) is 54.6 Å². The lowest BCUT2D eigenvalue weighted by molar-refractivity contribution is 0.0954. The maximum atomic E-state index is 12.5. The van der Waals surface area contributed by atoms with Gasteiger partial charge in [-0.05, 0) is 84.3 Å². The zero-order chi connectivity index (χ0) is 20.8. The van der Waals surface area contributed by atoms with E-state index in [1.54, 1.807) is 7.11 Å². The Morgan fingerprint density at radius 2 is 1.70 bits per heavy atom. The highest BCUT2D eigenvalue weighted by Gasteiger charge is 2.11. The molecule has 0 radical (unpaired) electrons. The summed E-state index contributed by atoms with van der Waals surface area (Å²) < 4.78 is 11.1. The zero-order valence-corrected chi connectivity index (χ0v) is 17.3. The SMILES string of the molecule is COc1ccc(CCNC(=O)c2cccc(COc3ccc4c(c3)CCC4)c2)cc1. The fourth-order valence-corrected chi connectivity index (χ4v) is 3.82. The Balaban J connectivity index is 1.29. The van der Waals surface area contributed by atoms with Gasteiger partial charge in [-0.15, -0.1) is 0 Å². The van der Waals surface area contributed by atoms with Crippen molar-refractivity contribution in [2.75, 3.05) is 13.7 Å². The lowest BCUT2D eigenvalue weighted by Gasteiger charge is -2.10. The van der Waals surface area contributed by atoms with Crippen LogP contribution in [0.2, 0.25) is 0 Å². The predicted octanol–water partition coefficient (Wildman–Crippen LogP) is 4.74. The third-order valence-corrected chi connectivity index (χ3v) is 5.52. The van der Waals surface area contributed by atoms with Crippen molar-refractivity contribution in [3.8, 4) is 11.5 Å². The third kappa shape index (κ3) is 5.01. The molecule has 1 N–H and O–H groups in total. The minimum absolute atomic E-state index is 0.0668. The fourth-order valence-electron chi connectivity index (χ4n) is 3.82. The predicted molar refractivity (Wildman–Crippen MR) is 118 cm³/mol. The van der Waals surface area contributed by atoms with E-state index in [0.29, 0.717) is 18.7 Å². The number of hydrogen-bond acceptors (Lipinski definition) is 3. The van der Waals surface area contributed by atoms with E-state index in [4.69, 9.17) is 9.47 Å². The number of rotatable bonds is 8. The zero-order valence-electron chi connectivity index (χ0n) is 17.3. The number of methoxy groups -OCH3 is 1. The number of hydrogen-bond donors (Lipinski definition) is 1. The van der Waals surface area contributed by atoms with Gasteiger partial charge in [-0.25, -0.2) is 0 Å². The number of benzene rings is 3. The monoisotopic (exact) mass is 401 g/mol. The van der Waals surface area contributed by atoms with E-state index in [9.17, 15) is 4.79 Å². The Morgan fingerprint density at radius 3 is 2.53 bits per heavy atom. The van der Waals surface area contributed by atoms with Crippen molar-refractivity contribution in [3.05, 3.63) is 94.5 Å². The van der Waals surface area contributed by atoms with Crippen LogP contribution in [0.3, 0.4) is 0 Å². The molecule has 0 saturated heterocycles. The highest BCUT2D eigenvalue weighted by Crippen LogP contribution is 2.26. The second kappa shape index (κ2) is 9.49. The molecule has 1 aliphatic carbocycles. The Labute approximate surface area is 177 Å². The Hall–Kier alpha value is -3.27. The Bertz CT molecular complexity index is 1010. The van der Waals surface area contributed by atoms with Gasteiger partial charge in [-0.3, -0.25) is 4.79 Å². The van der Waals surface area contributed by atoms with Gasteiger partial charge in [-0.2, -0.15) is 0 Å². The van der Waals surface area contributed by atoms with Crippen LogP contribution >= 0.6 is 0 Å². The van der Waals surface area contributed by atoms with Crippen molar-refractivity contribution < 1.29 is 14.3 Å². The summed E-state index contributed by atoms with van der Waals surface area (Å²) in [6, 6.07) is 21.9. The fraction of sp³-hybridized carbons (Fsp3) is 0.269. The maximum absolute atomic E-state index is 12.5. The van der Waals surface area contributed by atoms with E-state index in [-0.39, 0.29) is 5.91 Å². The topological polar surface area (TPSA) is 47.6 Å². The minimum atomic E-state index is -0.0668. The van der Waals surface area contributed by atoms with Crippen molar-refractivity contribution in [1.29, 1.82) is 0 Å². The van der Waals surface area contributed by atoms with Crippen molar-refractivity contribution >= 4 is 5.91 Å². The number of fused-ring (bicyclic) bond motifs is 1. The summed E-state index contributed by atoms with van der Waals surface area (Å²) in [6.45, 7) is 1.03. The maximum Gasteiger partial charge on any atom is 0.251 e. The largest absolute Gasteiger partial charge is 0.497 e. The second-order valence-corrected chi connectivity index (χ2v) is 7.63. The molecule has 1 aliphatic rings. The molecule has 0 spiro atoms. The first kappa shape index (κ1) is 20.0. The molecule has 1 amide bonds. The molecule has 4 heteroatoms. The van der Waals surface area contributed by atoms with Gasteiger partial charge in [0.05, 0.1) is 7.11 Å². The smallest absolute Gasteiger partial charge is 0.251 e. The summed E-state index contributed by atoms with van der Waals surface area (Å²) in [7, 11) is 1.65. The number of carbonyl (C=O) groups is 1. The minimum Gasteiger partial charge on any atom is -0.497 e. The van der Waals surface area contributed by atoms with Crippen LogP contribution < -0.4 is 14.8 Å². The van der Waals surface area contributed by atoms with E-state index in [1.165, 1.54) is 24.0 Å². The molecule has 0 saturated carbocycles. The van der Waals surface area contributed by atoms with Gasteiger partial charge in [0.25, 0.3) is 5.91 Å². The highest BCUT2D eigenvalue weighted by molar-refractivity contribution is 5.94. The first-order valence-electron chi connectivity index (χ1n) is 10.5. The van der Waals surface area contributed by atoms with Crippen LogP contribution in [-0.2, 0) is 25.9 Å². The molecule has 3 aromatic carbocycles. The van der Waals surface area contributed by atoms with E-state index in [2.05, 4.69) is 17.4 Å². The van der Waals surface area contributed by atoms with Gasteiger partial charge in [0, 0.05) is 12.1 Å². The summed E-state index contributed by atoms with van der Waals surface area (Å²) >= 11 is 0. The molecule has 0 heterocycles. The van der Waals surface area contributed by atoms with Crippen LogP contribution in [0.25, 0.3) is 0 Å². The van der Waals surface area contributed by atoms with Gasteiger partial charge >= 0.3 is 0 Å². The highest BCUT2D eigenvalue weighted by atomic mass is 16.5. The van der Waals surface area contributed by atoms with Crippen molar-refractivity contribution in [2.45, 2.75) is 32.3 Å². The van der Waals surface area contributed by atoms with Gasteiger partial charge in [0.2, 0.25) is 0 Å². The van der Waals surface area contributed by atoms with E-state index in [0.717, 1.165) is 35.5 Å². The Kier molecular flexibility index (Phi) is 6.33. The average molecular weight is 402 g/mol. The third-order valence-electron chi connectivity index (χ3n) is 5.52. The van der Waals surface area contributed by atoms with Crippen molar-refractivity contribution in [2.24, 2.45) is 0 Å². The molecule has 154 valence electrons. The van der Waals surface area contributed by atoms with Crippen LogP contribution in [-0.4, -0.2) is 19.6 Å². The Morgan fingerprint density at radius 1 is 0.900 bits per heavy atom. The summed E-state index contributed by atoms with van der Waals surface area (Å²) in [5, 5.41) is 2.99. The lowest BCUT2D eigenvalue weighted by atomic mass is 10.1. The van der Waals surface area contributed by atoms with Crippen LogP contribution in [0.5, 0.6) is 11.5 Å². The molecular formula is C26H27NO3. The van der Waals surface area contributed by atoms with E-state index >= 15 is 0 Å². The summed E-state index contributed by atoms with van der Waals surface area (Å²) in [4.78, 5) is 12.5.